The Kier molecular flexibility index (Phi) is 8.49. The van der Waals surface area contributed by atoms with Crippen LogP contribution in [0, 0.1) is 18.6 Å². The third kappa shape index (κ3) is 6.55. The number of carbonyl (C=O) groups is 1. The Morgan fingerprint density at radius 3 is 2.71 bits per heavy atom. The van der Waals surface area contributed by atoms with Gasteiger partial charge in [0.25, 0.3) is 5.56 Å². The Labute approximate surface area is 192 Å². The molecule has 1 heterocycles. The second-order valence-corrected chi connectivity index (χ2v) is 9.24. The van der Waals surface area contributed by atoms with E-state index in [0.717, 1.165) is 30.5 Å². The predicted molar refractivity (Wildman–Crippen MR) is 132 cm³/mol. The maximum absolute atomic E-state index is 12.6. The number of para-hydroxylation sites is 1. The monoisotopic (exact) mass is 455 g/mol. The zero-order chi connectivity index (χ0) is 22.2. The molecule has 2 aromatic carbocycles. The summed E-state index contributed by atoms with van der Waals surface area (Å²) in [4.78, 5) is 29.0. The van der Waals surface area contributed by atoms with E-state index in [-0.39, 0.29) is 11.5 Å². The van der Waals surface area contributed by atoms with Gasteiger partial charge in [-0.3, -0.25) is 14.2 Å². The molecule has 0 saturated carbocycles. The predicted octanol–water partition coefficient (Wildman–Crippen LogP) is 5.14. The molecule has 0 saturated heterocycles. The van der Waals surface area contributed by atoms with Crippen LogP contribution >= 0.6 is 24.0 Å². The first kappa shape index (κ1) is 23.3. The summed E-state index contributed by atoms with van der Waals surface area (Å²) in [5, 5.41) is 3.64. The lowest BCUT2D eigenvalue weighted by atomic mass is 10.1. The van der Waals surface area contributed by atoms with Crippen molar-refractivity contribution in [3.8, 4) is 0 Å². The van der Waals surface area contributed by atoms with Crippen molar-refractivity contribution in [3.63, 3.8) is 0 Å². The molecule has 0 radical (unpaired) electrons. The third-order valence-electron chi connectivity index (χ3n) is 5.35. The van der Waals surface area contributed by atoms with Gasteiger partial charge in [-0.1, -0.05) is 24.6 Å². The Morgan fingerprint density at radius 1 is 1.10 bits per heavy atom. The van der Waals surface area contributed by atoms with Crippen LogP contribution in [0.25, 0.3) is 10.9 Å². The fraction of sp³-hybridized carbons (Fsp3) is 0.375. The van der Waals surface area contributed by atoms with Crippen LogP contribution < -0.4 is 10.9 Å². The number of thioether (sulfide) groups is 1. The van der Waals surface area contributed by atoms with Crippen LogP contribution in [0.4, 0.5) is 0 Å². The van der Waals surface area contributed by atoms with Gasteiger partial charge in [0, 0.05) is 30.2 Å². The van der Waals surface area contributed by atoms with Gasteiger partial charge >= 0.3 is 0 Å². The van der Waals surface area contributed by atoms with E-state index in [0.29, 0.717) is 29.7 Å². The SMILES string of the molecule is Cc1ccc(SCCNC(=O)CCCCCn2c(=S)[nH]c3ccccc3c2=O)cc1C. The van der Waals surface area contributed by atoms with Gasteiger partial charge in [-0.2, -0.15) is 0 Å². The van der Waals surface area contributed by atoms with Gasteiger partial charge in [-0.15, -0.1) is 11.8 Å². The number of fused-ring (bicyclic) bond motifs is 1. The summed E-state index contributed by atoms with van der Waals surface area (Å²) in [6, 6.07) is 13.8. The van der Waals surface area contributed by atoms with Gasteiger partial charge in [0.05, 0.1) is 10.9 Å². The highest BCUT2D eigenvalue weighted by Crippen LogP contribution is 2.20. The molecule has 0 aliphatic heterocycles. The number of aromatic nitrogens is 2. The van der Waals surface area contributed by atoms with Crippen molar-refractivity contribution in [2.45, 2.75) is 51.0 Å². The third-order valence-corrected chi connectivity index (χ3v) is 6.66. The molecule has 0 unspecified atom stereocenters. The molecule has 3 rings (SSSR count). The van der Waals surface area contributed by atoms with E-state index >= 15 is 0 Å². The van der Waals surface area contributed by atoms with Gasteiger partial charge in [-0.05, 0) is 74.3 Å². The molecule has 1 aromatic heterocycles. The summed E-state index contributed by atoms with van der Waals surface area (Å²) in [5.74, 6) is 0.942. The summed E-state index contributed by atoms with van der Waals surface area (Å²) < 4.78 is 2.06. The molecule has 0 aliphatic carbocycles. The summed E-state index contributed by atoms with van der Waals surface area (Å²) in [7, 11) is 0. The van der Waals surface area contributed by atoms with E-state index in [1.54, 1.807) is 16.3 Å². The maximum atomic E-state index is 12.6. The Balaban J connectivity index is 1.34. The number of nitrogens with one attached hydrogen (secondary N) is 2. The lowest BCUT2D eigenvalue weighted by molar-refractivity contribution is -0.121. The topological polar surface area (TPSA) is 66.9 Å². The molecule has 164 valence electrons. The Morgan fingerprint density at radius 2 is 1.90 bits per heavy atom. The van der Waals surface area contributed by atoms with E-state index in [2.05, 4.69) is 42.3 Å². The van der Waals surface area contributed by atoms with Crippen LogP contribution in [-0.2, 0) is 11.3 Å². The Hall–Kier alpha value is -2.38. The fourth-order valence-electron chi connectivity index (χ4n) is 3.39. The van der Waals surface area contributed by atoms with Crippen molar-refractivity contribution < 1.29 is 4.79 Å². The van der Waals surface area contributed by atoms with Crippen molar-refractivity contribution in [3.05, 3.63) is 68.7 Å². The lowest BCUT2D eigenvalue weighted by Crippen LogP contribution is -2.25. The first-order valence-corrected chi connectivity index (χ1v) is 12.0. The van der Waals surface area contributed by atoms with E-state index in [4.69, 9.17) is 12.2 Å². The molecule has 3 aromatic rings. The quantitative estimate of drug-likeness (QED) is 0.252. The molecular formula is C24H29N3O2S2. The summed E-state index contributed by atoms with van der Waals surface area (Å²) in [5.41, 5.74) is 3.30. The highest BCUT2D eigenvalue weighted by atomic mass is 32.2. The lowest BCUT2D eigenvalue weighted by Gasteiger charge is -2.08. The molecule has 7 heteroatoms. The van der Waals surface area contributed by atoms with Crippen molar-refractivity contribution in [2.75, 3.05) is 12.3 Å². The molecule has 0 spiro atoms. The zero-order valence-electron chi connectivity index (χ0n) is 18.1. The molecule has 0 atom stereocenters. The first-order chi connectivity index (χ1) is 15.0. The minimum Gasteiger partial charge on any atom is -0.355 e. The highest BCUT2D eigenvalue weighted by molar-refractivity contribution is 7.99. The summed E-state index contributed by atoms with van der Waals surface area (Å²) >= 11 is 7.09. The minimum atomic E-state index is -0.0571. The number of hydrogen-bond donors (Lipinski definition) is 2. The van der Waals surface area contributed by atoms with Crippen molar-refractivity contribution in [1.29, 1.82) is 0 Å². The standard InChI is InChI=1S/C24H29N3O2S2/c1-17-11-12-19(16-18(17)2)31-15-13-25-22(28)10-4-3-7-14-27-23(29)20-8-5-6-9-21(20)26-24(27)30/h5-6,8-9,11-12,16H,3-4,7,10,13-15H2,1-2H3,(H,25,28)(H,26,30). The van der Waals surface area contributed by atoms with E-state index in [1.807, 2.05) is 24.3 Å². The van der Waals surface area contributed by atoms with Gasteiger partial charge in [0.15, 0.2) is 4.77 Å². The molecule has 2 N–H and O–H groups in total. The van der Waals surface area contributed by atoms with Crippen LogP contribution in [0.1, 0.15) is 36.8 Å². The van der Waals surface area contributed by atoms with Crippen molar-refractivity contribution >= 4 is 40.8 Å². The van der Waals surface area contributed by atoms with Crippen LogP contribution in [0.3, 0.4) is 0 Å². The molecular weight excluding hydrogens is 426 g/mol. The van der Waals surface area contributed by atoms with Crippen molar-refractivity contribution in [1.82, 2.24) is 14.9 Å². The van der Waals surface area contributed by atoms with Crippen molar-refractivity contribution in [2.24, 2.45) is 0 Å². The molecule has 0 bridgehead atoms. The number of unbranched alkanes of at least 4 members (excludes halogenated alkanes) is 2. The summed E-state index contributed by atoms with van der Waals surface area (Å²) in [6.45, 7) is 5.45. The van der Waals surface area contributed by atoms with Crippen LogP contribution in [0.5, 0.6) is 0 Å². The van der Waals surface area contributed by atoms with Crippen LogP contribution in [0.2, 0.25) is 0 Å². The number of H-pyrrole nitrogens is 1. The molecule has 31 heavy (non-hydrogen) atoms. The second-order valence-electron chi connectivity index (χ2n) is 7.69. The summed E-state index contributed by atoms with van der Waals surface area (Å²) in [6.07, 6.45) is 2.99. The average molecular weight is 456 g/mol. The normalized spacial score (nSPS) is 11.0. The molecule has 1 amide bonds. The number of amides is 1. The van der Waals surface area contributed by atoms with Gasteiger partial charge in [0.2, 0.25) is 5.91 Å². The number of rotatable bonds is 10. The van der Waals surface area contributed by atoms with Crippen LogP contribution in [0.15, 0.2) is 52.2 Å². The largest absolute Gasteiger partial charge is 0.355 e. The number of carbonyl (C=O) groups excluding carboxylic acids is 1. The van der Waals surface area contributed by atoms with E-state index in [1.165, 1.54) is 16.0 Å². The first-order valence-electron chi connectivity index (χ1n) is 10.6. The number of benzene rings is 2. The molecule has 5 nitrogen and oxygen atoms in total. The number of aromatic amines is 1. The Bertz CT molecular complexity index is 1170. The fourth-order valence-corrected chi connectivity index (χ4v) is 4.53. The van der Waals surface area contributed by atoms with E-state index < -0.39 is 0 Å². The second kappa shape index (κ2) is 11.3. The number of hydrogen-bond acceptors (Lipinski definition) is 4. The average Bonchev–Trinajstić information content (AvgIpc) is 2.75. The molecule has 0 aliphatic rings. The smallest absolute Gasteiger partial charge is 0.262 e. The number of nitrogens with zero attached hydrogens (tertiary/aromatic N) is 1. The highest BCUT2D eigenvalue weighted by Gasteiger charge is 2.06. The minimum absolute atomic E-state index is 0.0571. The van der Waals surface area contributed by atoms with Crippen LogP contribution in [-0.4, -0.2) is 27.8 Å². The molecule has 0 fully saturated rings. The van der Waals surface area contributed by atoms with Gasteiger partial charge in [-0.25, -0.2) is 0 Å². The van der Waals surface area contributed by atoms with Gasteiger partial charge < -0.3 is 10.3 Å². The zero-order valence-corrected chi connectivity index (χ0v) is 19.7. The number of aryl methyl sites for hydroxylation is 2. The maximum Gasteiger partial charge on any atom is 0.262 e. The van der Waals surface area contributed by atoms with Gasteiger partial charge in [0.1, 0.15) is 0 Å². The van der Waals surface area contributed by atoms with E-state index in [9.17, 15) is 9.59 Å².